The molecule has 8 heteroatoms. The molecule has 1 amide bonds. The van der Waals surface area contributed by atoms with E-state index in [0.717, 1.165) is 6.42 Å². The Kier molecular flexibility index (Phi) is 5.25. The minimum absolute atomic E-state index is 0.00441. The molecule has 126 valence electrons. The number of nitro groups is 1. The molecule has 0 bridgehead atoms. The first-order valence-electron chi connectivity index (χ1n) is 7.34. The number of nitrogens with zero attached hydrogens (tertiary/aromatic N) is 1. The predicted octanol–water partition coefficient (Wildman–Crippen LogP) is 2.66. The number of hydrogen-bond acceptors (Lipinski definition) is 4. The summed E-state index contributed by atoms with van der Waals surface area (Å²) in [4.78, 5) is 22.1. The van der Waals surface area contributed by atoms with Crippen LogP contribution < -0.4 is 5.32 Å². The largest absolute Gasteiger partial charge is 0.378 e. The molecule has 1 heterocycles. The maximum Gasteiger partial charge on any atom is 0.285 e. The number of carbonyl (C=O) groups excluding carboxylic acids is 1. The van der Waals surface area contributed by atoms with Gasteiger partial charge in [-0.15, -0.1) is 0 Å². The van der Waals surface area contributed by atoms with Gasteiger partial charge >= 0.3 is 0 Å². The van der Waals surface area contributed by atoms with Gasteiger partial charge in [0.1, 0.15) is 5.56 Å². The van der Waals surface area contributed by atoms with E-state index in [-0.39, 0.29) is 24.5 Å². The first-order chi connectivity index (χ1) is 10.8. The number of nitro benzene ring substituents is 1. The highest BCUT2D eigenvalue weighted by molar-refractivity contribution is 5.98. The van der Waals surface area contributed by atoms with Crippen molar-refractivity contribution in [1.82, 2.24) is 5.32 Å². The Labute approximate surface area is 132 Å². The van der Waals surface area contributed by atoms with Gasteiger partial charge in [-0.05, 0) is 18.4 Å². The summed E-state index contributed by atoms with van der Waals surface area (Å²) in [6.07, 6.45) is 0.762. The van der Waals surface area contributed by atoms with Crippen molar-refractivity contribution in [2.75, 3.05) is 13.2 Å². The third kappa shape index (κ3) is 3.82. The minimum atomic E-state index is -1.36. The lowest BCUT2D eigenvalue weighted by molar-refractivity contribution is -0.385. The maximum atomic E-state index is 13.3. The van der Waals surface area contributed by atoms with Crippen molar-refractivity contribution in [2.24, 2.45) is 11.8 Å². The van der Waals surface area contributed by atoms with E-state index in [9.17, 15) is 23.7 Å². The Balaban J connectivity index is 2.12. The fourth-order valence-corrected chi connectivity index (χ4v) is 2.80. The number of hydrogen-bond donors (Lipinski definition) is 1. The van der Waals surface area contributed by atoms with Crippen molar-refractivity contribution in [2.45, 2.75) is 26.4 Å². The Morgan fingerprint density at radius 3 is 2.70 bits per heavy atom. The molecule has 1 N–H and O–H groups in total. The molecule has 1 aliphatic heterocycles. The first kappa shape index (κ1) is 17.3. The fraction of sp³-hybridized carbons (Fsp3) is 0.533. The highest BCUT2D eigenvalue weighted by atomic mass is 19.2. The smallest absolute Gasteiger partial charge is 0.285 e. The third-order valence-corrected chi connectivity index (χ3v) is 3.93. The second-order valence-electron chi connectivity index (χ2n) is 5.88. The van der Waals surface area contributed by atoms with Crippen molar-refractivity contribution < 1.29 is 23.2 Å². The summed E-state index contributed by atoms with van der Waals surface area (Å²) in [5.41, 5.74) is -1.25. The summed E-state index contributed by atoms with van der Waals surface area (Å²) in [6.45, 7) is 4.86. The lowest BCUT2D eigenvalue weighted by Gasteiger charge is -2.22. The molecule has 6 nitrogen and oxygen atoms in total. The highest BCUT2D eigenvalue weighted by Gasteiger charge is 2.31. The Hall–Kier alpha value is -2.09. The summed E-state index contributed by atoms with van der Waals surface area (Å²) in [5, 5.41) is 13.5. The monoisotopic (exact) mass is 328 g/mol. The van der Waals surface area contributed by atoms with E-state index < -0.39 is 33.7 Å². The molecular formula is C15H18F2N2O4. The van der Waals surface area contributed by atoms with Crippen LogP contribution in [0.3, 0.4) is 0 Å². The van der Waals surface area contributed by atoms with Crippen LogP contribution >= 0.6 is 0 Å². The van der Waals surface area contributed by atoms with Crippen LogP contribution in [0.15, 0.2) is 12.1 Å². The van der Waals surface area contributed by atoms with Gasteiger partial charge in [0.2, 0.25) is 0 Å². The molecule has 1 aromatic rings. The van der Waals surface area contributed by atoms with Crippen LogP contribution in [0.5, 0.6) is 0 Å². The second kappa shape index (κ2) is 6.99. The van der Waals surface area contributed by atoms with Crippen molar-refractivity contribution in [3.05, 3.63) is 39.4 Å². The van der Waals surface area contributed by atoms with Gasteiger partial charge in [-0.1, -0.05) is 13.8 Å². The molecule has 1 aliphatic rings. The van der Waals surface area contributed by atoms with Gasteiger partial charge in [0.25, 0.3) is 11.6 Å². The van der Waals surface area contributed by atoms with Crippen LogP contribution in [-0.2, 0) is 4.74 Å². The topological polar surface area (TPSA) is 81.5 Å². The van der Waals surface area contributed by atoms with Gasteiger partial charge in [-0.2, -0.15) is 0 Å². The number of halogens is 2. The normalized spacial score (nSPS) is 20.7. The Bertz CT molecular complexity index is 622. The number of ether oxygens (including phenoxy) is 1. The van der Waals surface area contributed by atoms with Gasteiger partial charge in [0.15, 0.2) is 11.6 Å². The van der Waals surface area contributed by atoms with Crippen molar-refractivity contribution in [1.29, 1.82) is 0 Å². The average Bonchev–Trinajstić information content (AvgIpc) is 2.95. The summed E-state index contributed by atoms with van der Waals surface area (Å²) in [5.74, 6) is -3.10. The van der Waals surface area contributed by atoms with E-state index in [4.69, 9.17) is 4.74 Å². The van der Waals surface area contributed by atoms with Gasteiger partial charge in [-0.25, -0.2) is 8.78 Å². The van der Waals surface area contributed by atoms with Gasteiger partial charge in [-0.3, -0.25) is 14.9 Å². The summed E-state index contributed by atoms with van der Waals surface area (Å²) < 4.78 is 32.0. The van der Waals surface area contributed by atoms with Gasteiger partial charge < -0.3 is 10.1 Å². The second-order valence-corrected chi connectivity index (χ2v) is 5.88. The van der Waals surface area contributed by atoms with Crippen LogP contribution in [0.2, 0.25) is 0 Å². The van der Waals surface area contributed by atoms with Crippen LogP contribution in [0.25, 0.3) is 0 Å². The minimum Gasteiger partial charge on any atom is -0.378 e. The molecule has 0 aromatic heterocycles. The molecule has 0 aliphatic carbocycles. The average molecular weight is 328 g/mol. The van der Waals surface area contributed by atoms with Crippen LogP contribution in [0.1, 0.15) is 30.6 Å². The fourth-order valence-electron chi connectivity index (χ4n) is 2.80. The zero-order valence-electron chi connectivity index (χ0n) is 12.8. The SMILES string of the molecule is CC(C)[C@H]1OCC[C@H]1CNC(=O)c1cc(F)c(F)cc1[N+](=O)[O-]. The summed E-state index contributed by atoms with van der Waals surface area (Å²) in [7, 11) is 0. The van der Waals surface area contributed by atoms with Gasteiger partial charge in [0, 0.05) is 19.1 Å². The standard InChI is InChI=1S/C15H18F2N2O4/c1-8(2)14-9(3-4-23-14)7-18-15(20)10-5-11(16)12(17)6-13(10)19(21)22/h5-6,8-9,14H,3-4,7H2,1-2H3,(H,18,20)/t9-,14+/m0/s1. The molecule has 1 saturated heterocycles. The van der Waals surface area contributed by atoms with Crippen molar-refractivity contribution in [3.63, 3.8) is 0 Å². The molecular weight excluding hydrogens is 310 g/mol. The van der Waals surface area contributed by atoms with E-state index in [2.05, 4.69) is 5.32 Å². The highest BCUT2D eigenvalue weighted by Crippen LogP contribution is 2.27. The maximum absolute atomic E-state index is 13.3. The summed E-state index contributed by atoms with van der Waals surface area (Å²) >= 11 is 0. The quantitative estimate of drug-likeness (QED) is 0.665. The van der Waals surface area contributed by atoms with Crippen molar-refractivity contribution >= 4 is 11.6 Å². The van der Waals surface area contributed by atoms with E-state index >= 15 is 0 Å². The van der Waals surface area contributed by atoms with Crippen LogP contribution in [-0.4, -0.2) is 30.1 Å². The number of benzene rings is 1. The molecule has 23 heavy (non-hydrogen) atoms. The number of amides is 1. The molecule has 0 spiro atoms. The molecule has 1 aromatic carbocycles. The number of carbonyl (C=O) groups is 1. The molecule has 2 rings (SSSR count). The Morgan fingerprint density at radius 2 is 2.09 bits per heavy atom. The predicted molar refractivity (Wildman–Crippen MR) is 78.0 cm³/mol. The molecule has 1 fully saturated rings. The van der Waals surface area contributed by atoms with E-state index in [0.29, 0.717) is 18.7 Å². The van der Waals surface area contributed by atoms with Crippen LogP contribution in [0.4, 0.5) is 14.5 Å². The zero-order chi connectivity index (χ0) is 17.1. The zero-order valence-corrected chi connectivity index (χ0v) is 12.8. The van der Waals surface area contributed by atoms with E-state index in [1.54, 1.807) is 0 Å². The van der Waals surface area contributed by atoms with Crippen molar-refractivity contribution in [3.8, 4) is 0 Å². The first-order valence-corrected chi connectivity index (χ1v) is 7.34. The molecule has 0 unspecified atom stereocenters. The van der Waals surface area contributed by atoms with Gasteiger partial charge in [0.05, 0.1) is 17.1 Å². The number of rotatable bonds is 5. The summed E-state index contributed by atoms with van der Waals surface area (Å²) in [6, 6.07) is 0.966. The van der Waals surface area contributed by atoms with Crippen LogP contribution in [0, 0.1) is 33.6 Å². The third-order valence-electron chi connectivity index (χ3n) is 3.93. The molecule has 0 saturated carbocycles. The number of nitrogens with one attached hydrogen (secondary N) is 1. The lowest BCUT2D eigenvalue weighted by Crippen LogP contribution is -2.35. The molecule has 0 radical (unpaired) electrons. The van der Waals surface area contributed by atoms with E-state index in [1.807, 2.05) is 13.8 Å². The van der Waals surface area contributed by atoms with E-state index in [1.165, 1.54) is 0 Å². The molecule has 2 atom stereocenters. The lowest BCUT2D eigenvalue weighted by atomic mass is 9.93. The Morgan fingerprint density at radius 1 is 1.43 bits per heavy atom.